The summed E-state index contributed by atoms with van der Waals surface area (Å²) in [6.45, 7) is 3.72. The van der Waals surface area contributed by atoms with E-state index in [0.717, 1.165) is 5.56 Å². The Kier molecular flexibility index (Phi) is 7.33. The van der Waals surface area contributed by atoms with Crippen molar-refractivity contribution in [3.8, 4) is 0 Å². The third-order valence-corrected chi connectivity index (χ3v) is 3.68. The van der Waals surface area contributed by atoms with Crippen molar-refractivity contribution in [2.75, 3.05) is 17.7 Å². The van der Waals surface area contributed by atoms with Crippen LogP contribution in [0.25, 0.3) is 6.08 Å². The van der Waals surface area contributed by atoms with Crippen LogP contribution in [-0.2, 0) is 4.79 Å². The van der Waals surface area contributed by atoms with Gasteiger partial charge < -0.3 is 21.3 Å². The lowest BCUT2D eigenvalue weighted by Crippen LogP contribution is -2.34. The van der Waals surface area contributed by atoms with Crippen molar-refractivity contribution in [2.45, 2.75) is 19.9 Å². The number of benzene rings is 2. The maximum Gasteiger partial charge on any atom is 0.319 e. The van der Waals surface area contributed by atoms with Crippen LogP contribution in [-0.4, -0.2) is 30.9 Å². The lowest BCUT2D eigenvalue weighted by atomic mass is 10.1. The summed E-state index contributed by atoms with van der Waals surface area (Å²) in [5.74, 6) is -0.507. The molecule has 7 nitrogen and oxygen atoms in total. The molecule has 0 heterocycles. The maximum atomic E-state index is 12.2. The van der Waals surface area contributed by atoms with E-state index in [1.165, 1.54) is 6.08 Å². The van der Waals surface area contributed by atoms with Gasteiger partial charge in [-0.1, -0.05) is 24.3 Å². The molecule has 2 rings (SSSR count). The predicted octanol–water partition coefficient (Wildman–Crippen LogP) is 3.23. The molecule has 146 valence electrons. The van der Waals surface area contributed by atoms with Crippen molar-refractivity contribution in [2.24, 2.45) is 0 Å². The van der Waals surface area contributed by atoms with Gasteiger partial charge >= 0.3 is 6.03 Å². The number of hydrogen-bond donors (Lipinski definition) is 4. The Bertz CT molecular complexity index is 873. The van der Waals surface area contributed by atoms with Crippen molar-refractivity contribution in [1.82, 2.24) is 10.6 Å². The number of nitrogens with one attached hydrogen (secondary N) is 4. The zero-order valence-corrected chi connectivity index (χ0v) is 16.1. The molecule has 4 N–H and O–H groups in total. The molecule has 0 spiro atoms. The standard InChI is InChI=1S/C21H24N4O3/c1-14(2)23-21(28)25-18-7-5-4-6-17(18)24-19(26)13-10-15-8-11-16(12-9-15)20(27)22-3/h4-14H,1-3H3,(H,22,27)(H,24,26)(H2,23,25,28). The lowest BCUT2D eigenvalue weighted by molar-refractivity contribution is -0.111. The van der Waals surface area contributed by atoms with E-state index in [0.29, 0.717) is 16.9 Å². The molecule has 7 heteroatoms. The van der Waals surface area contributed by atoms with Gasteiger partial charge in [0.2, 0.25) is 5.91 Å². The molecule has 28 heavy (non-hydrogen) atoms. The van der Waals surface area contributed by atoms with E-state index in [-0.39, 0.29) is 23.9 Å². The summed E-state index contributed by atoms with van der Waals surface area (Å²) in [5.41, 5.74) is 2.32. The molecule has 2 aromatic carbocycles. The number of carbonyl (C=O) groups excluding carboxylic acids is 3. The summed E-state index contributed by atoms with van der Waals surface area (Å²) in [4.78, 5) is 35.7. The van der Waals surface area contributed by atoms with Crippen LogP contribution in [0.3, 0.4) is 0 Å². The van der Waals surface area contributed by atoms with Crippen LogP contribution in [0, 0.1) is 0 Å². The molecule has 0 saturated carbocycles. The molecule has 0 radical (unpaired) electrons. The molecule has 0 aromatic heterocycles. The quantitative estimate of drug-likeness (QED) is 0.579. The number of carbonyl (C=O) groups is 3. The van der Waals surface area contributed by atoms with E-state index in [1.54, 1.807) is 61.7 Å². The van der Waals surface area contributed by atoms with Crippen molar-refractivity contribution in [1.29, 1.82) is 0 Å². The van der Waals surface area contributed by atoms with Gasteiger partial charge in [-0.15, -0.1) is 0 Å². The third kappa shape index (κ3) is 6.28. The molecule has 0 atom stereocenters. The van der Waals surface area contributed by atoms with Gasteiger partial charge in [0, 0.05) is 24.7 Å². The van der Waals surface area contributed by atoms with E-state index in [4.69, 9.17) is 0 Å². The van der Waals surface area contributed by atoms with Gasteiger partial charge in [0.25, 0.3) is 5.91 Å². The summed E-state index contributed by atoms with van der Waals surface area (Å²) in [5, 5.41) is 10.7. The van der Waals surface area contributed by atoms with Crippen LogP contribution in [0.1, 0.15) is 29.8 Å². The van der Waals surface area contributed by atoms with Crippen molar-refractivity contribution < 1.29 is 14.4 Å². The fourth-order valence-corrected chi connectivity index (χ4v) is 2.36. The number of para-hydroxylation sites is 2. The van der Waals surface area contributed by atoms with E-state index < -0.39 is 0 Å². The highest BCUT2D eigenvalue weighted by Crippen LogP contribution is 2.21. The monoisotopic (exact) mass is 380 g/mol. The summed E-state index contributed by atoms with van der Waals surface area (Å²) in [6, 6.07) is 13.5. The van der Waals surface area contributed by atoms with Crippen LogP contribution < -0.4 is 21.3 Å². The molecule has 0 aliphatic heterocycles. The summed E-state index contributed by atoms with van der Waals surface area (Å²) in [7, 11) is 1.57. The first kappa shape index (κ1) is 20.7. The topological polar surface area (TPSA) is 99.3 Å². The molecule has 4 amide bonds. The fourth-order valence-electron chi connectivity index (χ4n) is 2.36. The highest BCUT2D eigenvalue weighted by Gasteiger charge is 2.08. The Morgan fingerprint density at radius 3 is 2.07 bits per heavy atom. The van der Waals surface area contributed by atoms with Gasteiger partial charge in [-0.25, -0.2) is 4.79 Å². The number of hydrogen-bond acceptors (Lipinski definition) is 3. The highest BCUT2D eigenvalue weighted by molar-refractivity contribution is 6.05. The van der Waals surface area contributed by atoms with E-state index in [1.807, 2.05) is 13.8 Å². The Hall–Kier alpha value is -3.61. The van der Waals surface area contributed by atoms with Gasteiger partial charge in [-0.05, 0) is 49.8 Å². The van der Waals surface area contributed by atoms with Crippen LogP contribution >= 0.6 is 0 Å². The van der Waals surface area contributed by atoms with E-state index in [2.05, 4.69) is 21.3 Å². The SMILES string of the molecule is CNC(=O)c1ccc(C=CC(=O)Nc2ccccc2NC(=O)NC(C)C)cc1. The predicted molar refractivity (Wildman–Crippen MR) is 111 cm³/mol. The van der Waals surface area contributed by atoms with Gasteiger partial charge in [0.15, 0.2) is 0 Å². The Labute approximate surface area is 164 Å². The third-order valence-electron chi connectivity index (χ3n) is 3.68. The van der Waals surface area contributed by atoms with Gasteiger partial charge in [-0.3, -0.25) is 9.59 Å². The molecule has 0 saturated heterocycles. The summed E-state index contributed by atoms with van der Waals surface area (Å²) < 4.78 is 0. The average molecular weight is 380 g/mol. The zero-order chi connectivity index (χ0) is 20.5. The van der Waals surface area contributed by atoms with Crippen molar-refractivity contribution >= 4 is 35.3 Å². The second-order valence-electron chi connectivity index (χ2n) is 6.32. The maximum absolute atomic E-state index is 12.2. The molecule has 0 fully saturated rings. The second-order valence-corrected chi connectivity index (χ2v) is 6.32. The van der Waals surface area contributed by atoms with Gasteiger partial charge in [0.1, 0.15) is 0 Å². The average Bonchev–Trinajstić information content (AvgIpc) is 2.67. The lowest BCUT2D eigenvalue weighted by Gasteiger charge is -2.13. The number of anilines is 2. The molecular formula is C21H24N4O3. The summed E-state index contributed by atoms with van der Waals surface area (Å²) >= 11 is 0. The Balaban J connectivity index is 2.02. The first-order valence-electron chi connectivity index (χ1n) is 8.87. The minimum absolute atomic E-state index is 0.000485. The van der Waals surface area contributed by atoms with E-state index in [9.17, 15) is 14.4 Å². The smallest absolute Gasteiger partial charge is 0.319 e. The van der Waals surface area contributed by atoms with Gasteiger partial charge in [-0.2, -0.15) is 0 Å². The van der Waals surface area contributed by atoms with Crippen LogP contribution in [0.15, 0.2) is 54.6 Å². The highest BCUT2D eigenvalue weighted by atomic mass is 16.2. The van der Waals surface area contributed by atoms with Crippen molar-refractivity contribution in [3.05, 3.63) is 65.7 Å². The van der Waals surface area contributed by atoms with Gasteiger partial charge in [0.05, 0.1) is 11.4 Å². The van der Waals surface area contributed by atoms with Crippen LogP contribution in [0.5, 0.6) is 0 Å². The van der Waals surface area contributed by atoms with E-state index >= 15 is 0 Å². The fraction of sp³-hybridized carbons (Fsp3) is 0.190. The molecular weight excluding hydrogens is 356 g/mol. The number of rotatable bonds is 6. The minimum atomic E-state index is -0.344. The first-order chi connectivity index (χ1) is 13.4. The number of amides is 4. The second kappa shape index (κ2) is 9.91. The minimum Gasteiger partial charge on any atom is -0.355 e. The largest absolute Gasteiger partial charge is 0.355 e. The Morgan fingerprint density at radius 1 is 0.893 bits per heavy atom. The normalized spacial score (nSPS) is 10.6. The zero-order valence-electron chi connectivity index (χ0n) is 16.1. The molecule has 0 unspecified atom stereocenters. The molecule has 0 aliphatic carbocycles. The Morgan fingerprint density at radius 2 is 1.50 bits per heavy atom. The summed E-state index contributed by atoms with van der Waals surface area (Å²) in [6.07, 6.45) is 3.03. The number of urea groups is 1. The van der Waals surface area contributed by atoms with Crippen LogP contribution in [0.4, 0.5) is 16.2 Å². The first-order valence-corrected chi connectivity index (χ1v) is 8.87. The van der Waals surface area contributed by atoms with Crippen LogP contribution in [0.2, 0.25) is 0 Å². The molecule has 0 bridgehead atoms. The molecule has 0 aliphatic rings. The molecule has 2 aromatic rings. The van der Waals surface area contributed by atoms with Crippen molar-refractivity contribution in [3.63, 3.8) is 0 Å².